The van der Waals surface area contributed by atoms with Crippen LogP contribution in [0.2, 0.25) is 0 Å². The number of amides is 3. The fourth-order valence-electron chi connectivity index (χ4n) is 2.69. The van der Waals surface area contributed by atoms with Gasteiger partial charge in [0.25, 0.3) is 0 Å². The average Bonchev–Trinajstić information content (AvgIpc) is 3.09. The van der Waals surface area contributed by atoms with Gasteiger partial charge in [0.05, 0.1) is 6.04 Å². The van der Waals surface area contributed by atoms with E-state index in [1.165, 1.54) is 0 Å². The van der Waals surface area contributed by atoms with E-state index in [2.05, 4.69) is 5.32 Å². The molecule has 1 aromatic heterocycles. The third-order valence-corrected chi connectivity index (χ3v) is 3.97. The molecule has 1 atom stereocenters. The van der Waals surface area contributed by atoms with Crippen molar-refractivity contribution in [3.8, 4) is 0 Å². The maximum absolute atomic E-state index is 12.0. The summed E-state index contributed by atoms with van der Waals surface area (Å²) in [5.41, 5.74) is 0.775. The van der Waals surface area contributed by atoms with Gasteiger partial charge in [-0.2, -0.15) is 0 Å². The Kier molecular flexibility index (Phi) is 4.14. The third kappa shape index (κ3) is 3.26. The molecule has 3 rings (SSSR count). The quantitative estimate of drug-likeness (QED) is 0.858. The van der Waals surface area contributed by atoms with E-state index in [4.69, 9.17) is 4.42 Å². The molecule has 120 valence electrons. The van der Waals surface area contributed by atoms with E-state index in [0.29, 0.717) is 5.76 Å². The van der Waals surface area contributed by atoms with E-state index < -0.39 is 0 Å². The standard InChI is InChI=1S/C17H18N2O4/c1-11(14-10-12-4-2-3-5-13(12)23-14)18-15(20)8-9-19-16(21)6-7-17(19)22/h2-5,10-11H,6-9H2,1H3,(H,18,20)/t11-/m1/s1. The van der Waals surface area contributed by atoms with Crippen molar-refractivity contribution in [3.63, 3.8) is 0 Å². The van der Waals surface area contributed by atoms with Gasteiger partial charge in [-0.3, -0.25) is 19.3 Å². The van der Waals surface area contributed by atoms with Crippen LogP contribution in [0.5, 0.6) is 0 Å². The van der Waals surface area contributed by atoms with Gasteiger partial charge in [-0.25, -0.2) is 0 Å². The van der Waals surface area contributed by atoms with Gasteiger partial charge in [-0.05, 0) is 19.1 Å². The molecule has 1 aromatic carbocycles. The van der Waals surface area contributed by atoms with E-state index in [9.17, 15) is 14.4 Å². The van der Waals surface area contributed by atoms with Crippen LogP contribution in [0.4, 0.5) is 0 Å². The Morgan fingerprint density at radius 1 is 1.26 bits per heavy atom. The van der Waals surface area contributed by atoms with Gasteiger partial charge in [0.15, 0.2) is 0 Å². The van der Waals surface area contributed by atoms with Gasteiger partial charge in [-0.15, -0.1) is 0 Å². The molecule has 23 heavy (non-hydrogen) atoms. The SMILES string of the molecule is C[C@@H](NC(=O)CCN1C(=O)CCC1=O)c1cc2ccccc2o1. The van der Waals surface area contributed by atoms with Crippen molar-refractivity contribution >= 4 is 28.7 Å². The van der Waals surface area contributed by atoms with Crippen LogP contribution >= 0.6 is 0 Å². The highest BCUT2D eigenvalue weighted by molar-refractivity contribution is 6.02. The average molecular weight is 314 g/mol. The maximum atomic E-state index is 12.0. The first-order valence-corrected chi connectivity index (χ1v) is 7.65. The summed E-state index contributed by atoms with van der Waals surface area (Å²) in [4.78, 5) is 36.2. The topological polar surface area (TPSA) is 79.6 Å². The maximum Gasteiger partial charge on any atom is 0.229 e. The molecule has 0 bridgehead atoms. The molecule has 0 saturated carbocycles. The Hall–Kier alpha value is -2.63. The molecular weight excluding hydrogens is 296 g/mol. The molecule has 0 radical (unpaired) electrons. The minimum atomic E-state index is -0.278. The molecule has 0 unspecified atom stereocenters. The molecule has 6 heteroatoms. The monoisotopic (exact) mass is 314 g/mol. The summed E-state index contributed by atoms with van der Waals surface area (Å²) in [6.07, 6.45) is 0.591. The lowest BCUT2D eigenvalue weighted by Gasteiger charge is -2.15. The zero-order valence-corrected chi connectivity index (χ0v) is 12.9. The van der Waals surface area contributed by atoms with E-state index in [-0.39, 0.29) is 49.6 Å². The summed E-state index contributed by atoms with van der Waals surface area (Å²) in [6, 6.07) is 9.25. The number of furan rings is 1. The van der Waals surface area contributed by atoms with Gasteiger partial charge < -0.3 is 9.73 Å². The molecule has 6 nitrogen and oxygen atoms in total. The van der Waals surface area contributed by atoms with Crippen molar-refractivity contribution < 1.29 is 18.8 Å². The van der Waals surface area contributed by atoms with Crippen LogP contribution in [0.1, 0.15) is 38.0 Å². The van der Waals surface area contributed by atoms with Crippen LogP contribution in [0.3, 0.4) is 0 Å². The Labute approximate surface area is 133 Å². The van der Waals surface area contributed by atoms with Crippen LogP contribution < -0.4 is 5.32 Å². The fourth-order valence-corrected chi connectivity index (χ4v) is 2.69. The predicted molar refractivity (Wildman–Crippen MR) is 83.3 cm³/mol. The lowest BCUT2D eigenvalue weighted by atomic mass is 10.2. The normalized spacial score (nSPS) is 16.1. The Bertz CT molecular complexity index is 716. The Balaban J connectivity index is 1.56. The molecule has 2 heterocycles. The predicted octanol–water partition coefficient (Wildman–Crippen LogP) is 2.15. The van der Waals surface area contributed by atoms with E-state index in [1.54, 1.807) is 0 Å². The molecule has 0 aliphatic carbocycles. The number of nitrogens with zero attached hydrogens (tertiary/aromatic N) is 1. The van der Waals surface area contributed by atoms with Crippen molar-refractivity contribution in [1.29, 1.82) is 0 Å². The van der Waals surface area contributed by atoms with Crippen molar-refractivity contribution in [3.05, 3.63) is 36.1 Å². The van der Waals surface area contributed by atoms with Crippen molar-refractivity contribution in [1.82, 2.24) is 10.2 Å². The first kappa shape index (κ1) is 15.3. The summed E-state index contributed by atoms with van der Waals surface area (Å²) >= 11 is 0. The van der Waals surface area contributed by atoms with Crippen molar-refractivity contribution in [2.24, 2.45) is 0 Å². The van der Waals surface area contributed by atoms with Crippen LogP contribution in [-0.4, -0.2) is 29.2 Å². The second-order valence-corrected chi connectivity index (χ2v) is 5.66. The van der Waals surface area contributed by atoms with Crippen LogP contribution in [0, 0.1) is 0 Å². The van der Waals surface area contributed by atoms with Gasteiger partial charge in [0, 0.05) is 31.2 Å². The van der Waals surface area contributed by atoms with Crippen molar-refractivity contribution in [2.75, 3.05) is 6.54 Å². The fraction of sp³-hybridized carbons (Fsp3) is 0.353. The number of benzene rings is 1. The summed E-state index contributed by atoms with van der Waals surface area (Å²) in [5, 5.41) is 3.81. The summed E-state index contributed by atoms with van der Waals surface area (Å²) in [7, 11) is 0. The second kappa shape index (κ2) is 6.24. The highest BCUT2D eigenvalue weighted by atomic mass is 16.3. The smallest absolute Gasteiger partial charge is 0.229 e. The summed E-state index contributed by atoms with van der Waals surface area (Å²) < 4.78 is 5.71. The largest absolute Gasteiger partial charge is 0.459 e. The lowest BCUT2D eigenvalue weighted by molar-refractivity contribution is -0.138. The molecular formula is C17H18N2O4. The molecule has 0 spiro atoms. The summed E-state index contributed by atoms with van der Waals surface area (Å²) in [5.74, 6) is 0.0552. The minimum absolute atomic E-state index is 0.0993. The highest BCUT2D eigenvalue weighted by Crippen LogP contribution is 2.23. The Morgan fingerprint density at radius 3 is 2.65 bits per heavy atom. The number of hydrogen-bond donors (Lipinski definition) is 1. The molecule has 1 aliphatic rings. The van der Waals surface area contributed by atoms with Crippen molar-refractivity contribution in [2.45, 2.75) is 32.2 Å². The zero-order valence-electron chi connectivity index (χ0n) is 12.9. The van der Waals surface area contributed by atoms with E-state index in [0.717, 1.165) is 15.9 Å². The first-order valence-electron chi connectivity index (χ1n) is 7.65. The number of imide groups is 1. The van der Waals surface area contributed by atoms with Crippen LogP contribution in [0.15, 0.2) is 34.7 Å². The van der Waals surface area contributed by atoms with E-state index in [1.807, 2.05) is 37.3 Å². The second-order valence-electron chi connectivity index (χ2n) is 5.66. The number of carbonyl (C=O) groups is 3. The first-order chi connectivity index (χ1) is 11.0. The van der Waals surface area contributed by atoms with Crippen LogP contribution in [0.25, 0.3) is 11.0 Å². The van der Waals surface area contributed by atoms with Crippen LogP contribution in [-0.2, 0) is 14.4 Å². The number of likely N-dealkylation sites (tertiary alicyclic amines) is 1. The summed E-state index contributed by atoms with van der Waals surface area (Å²) in [6.45, 7) is 1.97. The number of fused-ring (bicyclic) bond motifs is 1. The number of para-hydroxylation sites is 1. The van der Waals surface area contributed by atoms with Gasteiger partial charge >= 0.3 is 0 Å². The van der Waals surface area contributed by atoms with Gasteiger partial charge in [0.1, 0.15) is 11.3 Å². The van der Waals surface area contributed by atoms with E-state index >= 15 is 0 Å². The number of nitrogens with one attached hydrogen (secondary N) is 1. The number of hydrogen-bond acceptors (Lipinski definition) is 4. The molecule has 3 amide bonds. The van der Waals surface area contributed by atoms with Gasteiger partial charge in [0.2, 0.25) is 17.7 Å². The minimum Gasteiger partial charge on any atom is -0.459 e. The third-order valence-electron chi connectivity index (χ3n) is 3.97. The van der Waals surface area contributed by atoms with Gasteiger partial charge in [-0.1, -0.05) is 18.2 Å². The Morgan fingerprint density at radius 2 is 1.96 bits per heavy atom. The molecule has 1 saturated heterocycles. The zero-order chi connectivity index (χ0) is 16.4. The highest BCUT2D eigenvalue weighted by Gasteiger charge is 2.29. The molecule has 2 aromatic rings. The molecule has 1 N–H and O–H groups in total. The number of carbonyl (C=O) groups excluding carboxylic acids is 3. The molecule has 1 fully saturated rings. The lowest BCUT2D eigenvalue weighted by Crippen LogP contribution is -2.34. The number of rotatable bonds is 5. The molecule has 1 aliphatic heterocycles.